The summed E-state index contributed by atoms with van der Waals surface area (Å²) in [5, 5.41) is 11.9. The van der Waals surface area contributed by atoms with Crippen molar-refractivity contribution in [2.45, 2.75) is 39.0 Å². The number of hydrogen-bond acceptors (Lipinski definition) is 4. The summed E-state index contributed by atoms with van der Waals surface area (Å²) in [6.07, 6.45) is -2.33. The fraction of sp³-hybridized carbons (Fsp3) is 0.556. The number of halogens is 3. The van der Waals surface area contributed by atoms with E-state index in [0.29, 0.717) is 25.9 Å². The van der Waals surface area contributed by atoms with E-state index in [0.717, 1.165) is 18.6 Å². The number of carbonyl (C=O) groups excluding carboxylic acids is 2. The van der Waals surface area contributed by atoms with Crippen LogP contribution in [-0.4, -0.2) is 55.0 Å². The number of carbonyl (C=O) groups is 2. The highest BCUT2D eigenvalue weighted by atomic mass is 19.4. The molecule has 148 valence electrons. The fourth-order valence-corrected chi connectivity index (χ4v) is 2.02. The molecule has 1 saturated heterocycles. The van der Waals surface area contributed by atoms with Gasteiger partial charge in [-0.1, -0.05) is 32.4 Å². The summed E-state index contributed by atoms with van der Waals surface area (Å²) in [6, 6.07) is 4.26. The number of aliphatic hydroxyl groups is 1. The predicted octanol–water partition coefficient (Wildman–Crippen LogP) is 2.73. The number of rotatable bonds is 3. The molecule has 1 aromatic carbocycles. The predicted molar refractivity (Wildman–Crippen MR) is 93.9 cm³/mol. The molecule has 26 heavy (non-hydrogen) atoms. The van der Waals surface area contributed by atoms with E-state index in [-0.39, 0.29) is 17.6 Å². The first-order chi connectivity index (χ1) is 12.2. The van der Waals surface area contributed by atoms with Crippen molar-refractivity contribution >= 4 is 12.2 Å². The number of amides is 1. The fourth-order valence-electron chi connectivity index (χ4n) is 2.02. The number of aliphatic hydroxyl groups excluding tert-OH is 1. The van der Waals surface area contributed by atoms with E-state index < -0.39 is 11.7 Å². The average molecular weight is 376 g/mol. The Labute approximate surface area is 152 Å². The highest BCUT2D eigenvalue weighted by molar-refractivity contribution is 5.78. The van der Waals surface area contributed by atoms with E-state index >= 15 is 0 Å². The molecule has 1 unspecified atom stereocenters. The molecule has 1 amide bonds. The summed E-state index contributed by atoms with van der Waals surface area (Å²) in [4.78, 5) is 22.9. The monoisotopic (exact) mass is 376 g/mol. The first-order valence-corrected chi connectivity index (χ1v) is 8.42. The van der Waals surface area contributed by atoms with Gasteiger partial charge in [-0.3, -0.25) is 9.59 Å². The third-order valence-electron chi connectivity index (χ3n) is 3.19. The Kier molecular flexibility index (Phi) is 11.5. The Bertz CT molecular complexity index is 551. The molecule has 8 heteroatoms. The van der Waals surface area contributed by atoms with Crippen molar-refractivity contribution in [3.05, 3.63) is 35.4 Å². The number of hydrogen-bond donors (Lipinski definition) is 2. The molecule has 1 atom stereocenters. The van der Waals surface area contributed by atoms with E-state index in [1.165, 1.54) is 18.6 Å². The van der Waals surface area contributed by atoms with E-state index in [4.69, 9.17) is 5.11 Å². The molecule has 0 aromatic heterocycles. The Morgan fingerprint density at radius 3 is 2.42 bits per heavy atom. The van der Waals surface area contributed by atoms with Crippen LogP contribution in [0.3, 0.4) is 0 Å². The minimum Gasteiger partial charge on any atom is -0.391 e. The Hall–Kier alpha value is -1.93. The van der Waals surface area contributed by atoms with E-state index in [2.05, 4.69) is 19.2 Å². The van der Waals surface area contributed by atoms with Crippen LogP contribution >= 0.6 is 0 Å². The van der Waals surface area contributed by atoms with Gasteiger partial charge in [-0.15, -0.1) is 0 Å². The molecular formula is C18H27F3N2O3. The molecule has 0 saturated carbocycles. The lowest BCUT2D eigenvalue weighted by atomic mass is 10.1. The van der Waals surface area contributed by atoms with Crippen molar-refractivity contribution in [1.82, 2.24) is 10.2 Å². The maximum atomic E-state index is 12.0. The van der Waals surface area contributed by atoms with Crippen LogP contribution in [-0.2, 0) is 11.0 Å². The molecule has 1 aliphatic rings. The van der Waals surface area contributed by atoms with Gasteiger partial charge in [-0.2, -0.15) is 13.2 Å². The van der Waals surface area contributed by atoms with Gasteiger partial charge in [0.15, 0.2) is 0 Å². The maximum absolute atomic E-state index is 12.0. The summed E-state index contributed by atoms with van der Waals surface area (Å²) in [5.41, 5.74) is -0.767. The molecule has 1 heterocycles. The molecule has 0 aliphatic carbocycles. The molecule has 2 rings (SSSR count). The van der Waals surface area contributed by atoms with E-state index in [9.17, 15) is 22.8 Å². The topological polar surface area (TPSA) is 69.6 Å². The van der Waals surface area contributed by atoms with E-state index in [1.54, 1.807) is 11.9 Å². The standard InChI is InChI=1S/C8H5F3O.C7H14N2O2.C3H8/c9-8(10,11)7-3-1-2-6(4-7)5-12;1-8-4-7(11)9-3-2-6(10)5-9;1-3-2/h1-5H;6,8,10H,2-5H2,1H3;3H2,1-2H3. The number of likely N-dealkylation sites (tertiary alicyclic amines) is 1. The van der Waals surface area contributed by atoms with Crippen LogP contribution in [0, 0.1) is 0 Å². The molecule has 5 nitrogen and oxygen atoms in total. The lowest BCUT2D eigenvalue weighted by molar-refractivity contribution is -0.137. The number of likely N-dealkylation sites (N-methyl/N-ethyl adjacent to an activating group) is 1. The molecule has 1 aliphatic heterocycles. The van der Waals surface area contributed by atoms with Crippen LogP contribution in [0.4, 0.5) is 13.2 Å². The molecule has 0 bridgehead atoms. The SMILES string of the molecule is CCC.CNCC(=O)N1CCC(O)C1.O=Cc1cccc(C(F)(F)F)c1. The molecule has 0 spiro atoms. The van der Waals surface area contributed by atoms with Gasteiger partial charge in [0.25, 0.3) is 0 Å². The molecular weight excluding hydrogens is 349 g/mol. The second-order valence-corrected chi connectivity index (χ2v) is 5.76. The lowest BCUT2D eigenvalue weighted by Gasteiger charge is -2.14. The number of nitrogens with one attached hydrogen (secondary N) is 1. The second kappa shape index (κ2) is 12.4. The van der Waals surface area contributed by atoms with Gasteiger partial charge in [0.2, 0.25) is 5.91 Å². The van der Waals surface area contributed by atoms with Crippen molar-refractivity contribution in [2.75, 3.05) is 26.7 Å². The van der Waals surface area contributed by atoms with Crippen LogP contribution in [0.2, 0.25) is 0 Å². The highest BCUT2D eigenvalue weighted by Gasteiger charge is 2.30. The zero-order chi connectivity index (χ0) is 20.2. The molecule has 1 fully saturated rings. The average Bonchev–Trinajstić information content (AvgIpc) is 3.02. The number of alkyl halides is 3. The minimum absolute atomic E-state index is 0.0322. The quantitative estimate of drug-likeness (QED) is 0.796. The maximum Gasteiger partial charge on any atom is 0.416 e. The first-order valence-electron chi connectivity index (χ1n) is 8.42. The normalized spacial score (nSPS) is 16.1. The summed E-state index contributed by atoms with van der Waals surface area (Å²) in [6.45, 7) is 5.81. The van der Waals surface area contributed by atoms with Gasteiger partial charge < -0.3 is 15.3 Å². The summed E-state index contributed by atoms with van der Waals surface area (Å²) < 4.78 is 36.0. The van der Waals surface area contributed by atoms with Gasteiger partial charge in [-0.25, -0.2) is 0 Å². The number of aldehydes is 1. The number of benzene rings is 1. The molecule has 0 radical (unpaired) electrons. The van der Waals surface area contributed by atoms with Gasteiger partial charge in [0, 0.05) is 18.7 Å². The zero-order valence-corrected chi connectivity index (χ0v) is 15.3. The van der Waals surface area contributed by atoms with Crippen molar-refractivity contribution in [3.63, 3.8) is 0 Å². The Morgan fingerprint density at radius 1 is 1.38 bits per heavy atom. The molecule has 2 N–H and O–H groups in total. The van der Waals surface area contributed by atoms with Crippen LogP contribution in [0.1, 0.15) is 42.6 Å². The Balaban J connectivity index is 0.000000419. The van der Waals surface area contributed by atoms with E-state index in [1.807, 2.05) is 0 Å². The molecule has 1 aromatic rings. The van der Waals surface area contributed by atoms with Crippen LogP contribution in [0.5, 0.6) is 0 Å². The second-order valence-electron chi connectivity index (χ2n) is 5.76. The van der Waals surface area contributed by atoms with Gasteiger partial charge in [-0.05, 0) is 25.6 Å². The van der Waals surface area contributed by atoms with Crippen molar-refractivity contribution in [3.8, 4) is 0 Å². The van der Waals surface area contributed by atoms with Crippen LogP contribution < -0.4 is 5.32 Å². The first kappa shape index (κ1) is 24.1. The van der Waals surface area contributed by atoms with Crippen molar-refractivity contribution < 1.29 is 27.9 Å². The highest BCUT2D eigenvalue weighted by Crippen LogP contribution is 2.29. The summed E-state index contributed by atoms with van der Waals surface area (Å²) in [5.74, 6) is 0.0732. The lowest BCUT2D eigenvalue weighted by Crippen LogP contribution is -2.35. The van der Waals surface area contributed by atoms with Crippen LogP contribution in [0.25, 0.3) is 0 Å². The third-order valence-corrected chi connectivity index (χ3v) is 3.19. The van der Waals surface area contributed by atoms with Gasteiger partial charge in [0.1, 0.15) is 6.29 Å². The summed E-state index contributed by atoms with van der Waals surface area (Å²) >= 11 is 0. The third kappa shape index (κ3) is 9.53. The smallest absolute Gasteiger partial charge is 0.391 e. The number of β-amino-alcohol motifs (C(OH)–C–C–N with tert-alkyl or cyclic N) is 1. The Morgan fingerprint density at radius 2 is 2.00 bits per heavy atom. The van der Waals surface area contributed by atoms with Gasteiger partial charge >= 0.3 is 6.18 Å². The zero-order valence-electron chi connectivity index (χ0n) is 15.3. The van der Waals surface area contributed by atoms with Crippen molar-refractivity contribution in [2.24, 2.45) is 0 Å². The van der Waals surface area contributed by atoms with Gasteiger partial charge in [0.05, 0.1) is 18.2 Å². The van der Waals surface area contributed by atoms with Crippen molar-refractivity contribution in [1.29, 1.82) is 0 Å². The minimum atomic E-state index is -4.38. The summed E-state index contributed by atoms with van der Waals surface area (Å²) in [7, 11) is 1.74. The largest absolute Gasteiger partial charge is 0.416 e. The number of nitrogens with zero attached hydrogens (tertiary/aromatic N) is 1. The van der Waals surface area contributed by atoms with Crippen LogP contribution in [0.15, 0.2) is 24.3 Å².